The molecule has 1 heterocycles. The summed E-state index contributed by atoms with van der Waals surface area (Å²) in [6.45, 7) is 7.85. The van der Waals surface area contributed by atoms with E-state index in [2.05, 4.69) is 11.9 Å². The van der Waals surface area contributed by atoms with Gasteiger partial charge >= 0.3 is 0 Å². The lowest BCUT2D eigenvalue weighted by Crippen LogP contribution is -2.23. The van der Waals surface area contributed by atoms with Crippen molar-refractivity contribution in [3.8, 4) is 0 Å². The molecule has 0 saturated carbocycles. The Balaban J connectivity index is 2.15. The number of nitrogens with one attached hydrogen (secondary N) is 1. The van der Waals surface area contributed by atoms with Gasteiger partial charge in [0.1, 0.15) is 0 Å². The highest BCUT2D eigenvalue weighted by molar-refractivity contribution is 5.82. The van der Waals surface area contributed by atoms with Crippen LogP contribution in [0, 0.1) is 0 Å². The molecule has 4 nitrogen and oxygen atoms in total. The van der Waals surface area contributed by atoms with E-state index in [1.165, 1.54) is 0 Å². The van der Waals surface area contributed by atoms with Gasteiger partial charge in [0.25, 0.3) is 5.56 Å². The van der Waals surface area contributed by atoms with Gasteiger partial charge in [0.2, 0.25) is 0 Å². The smallest absolute Gasteiger partial charge is 0.274 e. The van der Waals surface area contributed by atoms with Crippen molar-refractivity contribution in [1.29, 1.82) is 0 Å². The summed E-state index contributed by atoms with van der Waals surface area (Å²) in [5.74, 6) is 0. The predicted molar refractivity (Wildman–Crippen MR) is 96.1 cm³/mol. The summed E-state index contributed by atoms with van der Waals surface area (Å²) < 4.78 is 3.78. The molecule has 1 N–H and O–H groups in total. The molecular weight excluding hydrogens is 286 g/mol. The third-order valence-corrected chi connectivity index (χ3v) is 3.89. The zero-order valence-corrected chi connectivity index (χ0v) is 13.3. The van der Waals surface area contributed by atoms with E-state index < -0.39 is 0 Å². The molecule has 0 unspecified atom stereocenters. The summed E-state index contributed by atoms with van der Waals surface area (Å²) in [7, 11) is 0. The average molecular weight is 307 g/mol. The minimum atomic E-state index is 0.0328. The van der Waals surface area contributed by atoms with Crippen molar-refractivity contribution < 1.29 is 0 Å². The molecule has 0 aliphatic rings. The molecule has 0 atom stereocenters. The molecule has 0 aliphatic heterocycles. The first-order valence-electron chi connectivity index (χ1n) is 7.86. The molecule has 118 valence electrons. The van der Waals surface area contributed by atoms with Gasteiger partial charge < -0.3 is 5.32 Å². The minimum absolute atomic E-state index is 0.0328. The number of anilines is 1. The van der Waals surface area contributed by atoms with Crippen molar-refractivity contribution in [3.05, 3.63) is 77.1 Å². The van der Waals surface area contributed by atoms with Crippen LogP contribution in [-0.4, -0.2) is 15.9 Å². The van der Waals surface area contributed by atoms with Crippen LogP contribution >= 0.6 is 0 Å². The third-order valence-electron chi connectivity index (χ3n) is 3.89. The van der Waals surface area contributed by atoms with Crippen LogP contribution in [0.2, 0.25) is 0 Å². The van der Waals surface area contributed by atoms with Gasteiger partial charge in [-0.3, -0.25) is 9.48 Å². The van der Waals surface area contributed by atoms with Crippen molar-refractivity contribution in [2.45, 2.75) is 20.0 Å². The van der Waals surface area contributed by atoms with Crippen LogP contribution in [0.25, 0.3) is 10.9 Å². The predicted octanol–water partition coefficient (Wildman–Crippen LogP) is 3.47. The van der Waals surface area contributed by atoms with E-state index >= 15 is 0 Å². The highest BCUT2D eigenvalue weighted by Gasteiger charge is 2.13. The lowest BCUT2D eigenvalue weighted by atomic mass is 10.2. The van der Waals surface area contributed by atoms with Gasteiger partial charge in [-0.2, -0.15) is 0 Å². The molecule has 0 radical (unpaired) electrons. The Morgan fingerprint density at radius 2 is 1.91 bits per heavy atom. The molecule has 23 heavy (non-hydrogen) atoms. The van der Waals surface area contributed by atoms with E-state index in [1.807, 2.05) is 66.2 Å². The summed E-state index contributed by atoms with van der Waals surface area (Å²) in [4.78, 5) is 12.9. The first-order chi connectivity index (χ1) is 11.2. The highest BCUT2D eigenvalue weighted by atomic mass is 16.1. The van der Waals surface area contributed by atoms with Gasteiger partial charge in [-0.15, -0.1) is 6.58 Å². The maximum absolute atomic E-state index is 12.9. The molecule has 0 saturated heterocycles. The number of fused-ring (bicyclic) bond motifs is 1. The van der Waals surface area contributed by atoms with Crippen LogP contribution in [-0.2, 0) is 13.1 Å². The Morgan fingerprint density at radius 3 is 2.61 bits per heavy atom. The van der Waals surface area contributed by atoms with Crippen LogP contribution < -0.4 is 10.9 Å². The summed E-state index contributed by atoms with van der Waals surface area (Å²) >= 11 is 0. The van der Waals surface area contributed by atoms with Crippen molar-refractivity contribution in [1.82, 2.24) is 9.36 Å². The number of rotatable bonds is 6. The molecule has 0 fully saturated rings. The summed E-state index contributed by atoms with van der Waals surface area (Å²) in [5, 5.41) is 4.00. The van der Waals surface area contributed by atoms with Crippen molar-refractivity contribution in [3.63, 3.8) is 0 Å². The summed E-state index contributed by atoms with van der Waals surface area (Å²) in [6, 6.07) is 16.0. The topological polar surface area (TPSA) is 39.0 Å². The van der Waals surface area contributed by atoms with E-state index in [-0.39, 0.29) is 5.56 Å². The molecule has 2 aromatic carbocycles. The van der Waals surface area contributed by atoms with Crippen LogP contribution in [0.5, 0.6) is 0 Å². The molecule has 0 aliphatic carbocycles. The zero-order chi connectivity index (χ0) is 16.2. The number of aromatic nitrogens is 2. The molecule has 0 spiro atoms. The number of benzene rings is 2. The maximum Gasteiger partial charge on any atom is 0.274 e. The fraction of sp³-hybridized carbons (Fsp3) is 0.211. The Kier molecular flexibility index (Phi) is 4.33. The number of nitrogens with zero attached hydrogens (tertiary/aromatic N) is 2. The number of allylic oxidation sites excluding steroid dienone is 1. The highest BCUT2D eigenvalue weighted by Crippen LogP contribution is 2.18. The standard InChI is InChI=1S/C19H21N3O/c1-3-12-21-18-11-10-16(20-4-2)13-17(18)19(23)22(21)14-15-8-6-5-7-9-15/h3,5-11,13,20H,1,4,12,14H2,2H3. The lowest BCUT2D eigenvalue weighted by molar-refractivity contribution is 0.522. The van der Waals surface area contributed by atoms with Crippen molar-refractivity contribution >= 4 is 16.6 Å². The molecule has 0 bridgehead atoms. The van der Waals surface area contributed by atoms with E-state index in [0.29, 0.717) is 13.1 Å². The van der Waals surface area contributed by atoms with Crippen molar-refractivity contribution in [2.24, 2.45) is 0 Å². The number of hydrogen-bond donors (Lipinski definition) is 1. The monoisotopic (exact) mass is 307 g/mol. The first kappa shape index (κ1) is 15.2. The average Bonchev–Trinajstić information content (AvgIpc) is 2.82. The maximum atomic E-state index is 12.9. The van der Waals surface area contributed by atoms with Gasteiger partial charge in [-0.25, -0.2) is 4.68 Å². The van der Waals surface area contributed by atoms with E-state index in [0.717, 1.165) is 28.7 Å². The van der Waals surface area contributed by atoms with Gasteiger partial charge in [0.05, 0.1) is 24.0 Å². The van der Waals surface area contributed by atoms with Gasteiger partial charge in [0.15, 0.2) is 0 Å². The molecular formula is C19H21N3O. The van der Waals surface area contributed by atoms with Gasteiger partial charge in [0, 0.05) is 12.2 Å². The zero-order valence-electron chi connectivity index (χ0n) is 13.3. The molecule has 1 aromatic heterocycles. The minimum Gasteiger partial charge on any atom is -0.385 e. The SMILES string of the molecule is C=CCn1c2ccc(NCC)cc2c(=O)n1Cc1ccccc1. The van der Waals surface area contributed by atoms with Gasteiger partial charge in [-0.1, -0.05) is 36.4 Å². The first-order valence-corrected chi connectivity index (χ1v) is 7.86. The second-order valence-electron chi connectivity index (χ2n) is 5.48. The largest absolute Gasteiger partial charge is 0.385 e. The summed E-state index contributed by atoms with van der Waals surface area (Å²) in [5.41, 5.74) is 3.05. The van der Waals surface area contributed by atoms with E-state index in [4.69, 9.17) is 0 Å². The van der Waals surface area contributed by atoms with Crippen LogP contribution in [0.15, 0.2) is 66.0 Å². The Morgan fingerprint density at radius 1 is 1.13 bits per heavy atom. The van der Waals surface area contributed by atoms with Crippen LogP contribution in [0.1, 0.15) is 12.5 Å². The third kappa shape index (κ3) is 2.93. The fourth-order valence-corrected chi connectivity index (χ4v) is 2.86. The second-order valence-corrected chi connectivity index (χ2v) is 5.48. The molecule has 3 rings (SSSR count). The summed E-state index contributed by atoms with van der Waals surface area (Å²) in [6.07, 6.45) is 1.82. The quantitative estimate of drug-likeness (QED) is 0.708. The van der Waals surface area contributed by atoms with E-state index in [1.54, 1.807) is 4.68 Å². The number of hydrogen-bond acceptors (Lipinski definition) is 2. The molecule has 3 aromatic rings. The Labute approximate surface area is 135 Å². The van der Waals surface area contributed by atoms with Crippen LogP contribution in [0.4, 0.5) is 5.69 Å². The molecule has 0 amide bonds. The Hall–Kier alpha value is -2.75. The van der Waals surface area contributed by atoms with Crippen LogP contribution in [0.3, 0.4) is 0 Å². The van der Waals surface area contributed by atoms with Crippen molar-refractivity contribution in [2.75, 3.05) is 11.9 Å². The van der Waals surface area contributed by atoms with E-state index in [9.17, 15) is 4.79 Å². The van der Waals surface area contributed by atoms with Gasteiger partial charge in [-0.05, 0) is 30.7 Å². The normalized spacial score (nSPS) is 10.8. The Bertz CT molecular complexity index is 875. The second kappa shape index (κ2) is 6.57. The molecule has 4 heteroatoms. The fourth-order valence-electron chi connectivity index (χ4n) is 2.86. The lowest BCUT2D eigenvalue weighted by Gasteiger charge is -2.11.